The van der Waals surface area contributed by atoms with Gasteiger partial charge in [0.25, 0.3) is 0 Å². The maximum atomic E-state index is 14.9. The Bertz CT molecular complexity index is 2290. The highest BCUT2D eigenvalue weighted by atomic mass is 79.9. The number of rotatable bonds is 16. The molecule has 10 atom stereocenters. The molecule has 15 nitrogen and oxygen atoms in total. The number of ether oxygens (including phenoxy) is 2. The number of hydrogen-bond donors (Lipinski definition) is 5. The van der Waals surface area contributed by atoms with E-state index in [0.717, 1.165) is 24.1 Å². The molecule has 4 amide bonds. The van der Waals surface area contributed by atoms with E-state index in [0.29, 0.717) is 95.6 Å². The molecule has 6 saturated carbocycles. The lowest BCUT2D eigenvalue weighted by Gasteiger charge is -2.51. The molecule has 18 heteroatoms. The molecule has 2 heterocycles. The Hall–Kier alpha value is -4.29. The largest absolute Gasteiger partial charge is 0.458 e. The van der Waals surface area contributed by atoms with E-state index in [2.05, 4.69) is 57.8 Å². The van der Waals surface area contributed by atoms with Crippen LogP contribution in [0.5, 0.6) is 0 Å². The lowest BCUT2D eigenvalue weighted by Crippen LogP contribution is -2.61. The number of nitrogens with zero attached hydrogens (tertiary/aromatic N) is 2. The van der Waals surface area contributed by atoms with Crippen molar-refractivity contribution in [3.05, 3.63) is 68.9 Å². The number of halogens is 3. The first-order valence-corrected chi connectivity index (χ1v) is 24.4. The summed E-state index contributed by atoms with van der Waals surface area (Å²) in [6, 6.07) is 14.8. The molecule has 66 heavy (non-hydrogen) atoms. The summed E-state index contributed by atoms with van der Waals surface area (Å²) >= 11 is 7.00. The summed E-state index contributed by atoms with van der Waals surface area (Å²) in [5, 5.41) is 10.3. The zero-order valence-electron chi connectivity index (χ0n) is 37.7. The molecule has 10 rings (SSSR count). The lowest BCUT2D eigenvalue weighted by atomic mass is 9.56. The number of nitrogens with one attached hydrogen (secondary N) is 5. The van der Waals surface area contributed by atoms with E-state index in [1.807, 2.05) is 86.5 Å². The average Bonchev–Trinajstić information content (AvgIpc) is 3.81. The van der Waals surface area contributed by atoms with Gasteiger partial charge in [-0.25, -0.2) is 9.59 Å². The monoisotopic (exact) mass is 1060 g/mol. The van der Waals surface area contributed by atoms with Crippen LogP contribution in [0.25, 0.3) is 21.8 Å². The number of amides is 4. The van der Waals surface area contributed by atoms with E-state index < -0.39 is 71.5 Å². The minimum Gasteiger partial charge on any atom is -0.458 e. The van der Waals surface area contributed by atoms with E-state index in [4.69, 9.17) is 9.47 Å². The number of carbonyl (C=O) groups excluding carboxylic acids is 6. The van der Waals surface area contributed by atoms with Gasteiger partial charge in [0.05, 0.1) is 44.0 Å². The summed E-state index contributed by atoms with van der Waals surface area (Å²) in [5.74, 6) is -8.09. The summed E-state index contributed by atoms with van der Waals surface area (Å²) < 4.78 is 13.5. The second-order valence-corrected chi connectivity index (χ2v) is 20.5. The molecule has 4 aromatic rings. The van der Waals surface area contributed by atoms with Crippen LogP contribution in [-0.2, 0) is 28.7 Å². The van der Waals surface area contributed by atoms with Crippen LogP contribution in [0.4, 0.5) is 0 Å². The van der Waals surface area contributed by atoms with Crippen molar-refractivity contribution in [2.75, 3.05) is 54.4 Å². The number of imide groups is 1. The van der Waals surface area contributed by atoms with Crippen LogP contribution in [-0.4, -0.2) is 122 Å². The number of aromatic nitrogens is 2. The van der Waals surface area contributed by atoms with Crippen LogP contribution in [0.3, 0.4) is 0 Å². The Morgan fingerprint density at radius 2 is 0.985 bits per heavy atom. The molecule has 6 fully saturated rings. The molecule has 356 valence electrons. The van der Waals surface area contributed by atoms with Crippen LogP contribution >= 0.6 is 44.3 Å². The zero-order valence-corrected chi connectivity index (χ0v) is 41.7. The van der Waals surface area contributed by atoms with Gasteiger partial charge in [-0.1, -0.05) is 36.4 Å². The van der Waals surface area contributed by atoms with Crippen molar-refractivity contribution in [2.45, 2.75) is 63.6 Å². The molecule has 0 saturated heterocycles. The number of para-hydroxylation sites is 2. The molecule has 2 aromatic carbocycles. The number of hydrogen-bond acceptors (Lipinski definition) is 10. The summed E-state index contributed by atoms with van der Waals surface area (Å²) in [6.45, 7) is 2.36. The molecule has 5 N–H and O–H groups in total. The Morgan fingerprint density at radius 3 is 1.38 bits per heavy atom. The fourth-order valence-corrected chi connectivity index (χ4v) is 12.6. The van der Waals surface area contributed by atoms with Gasteiger partial charge in [-0.15, -0.1) is 12.4 Å². The molecular formula is C48H60Br2ClN7O8. The second kappa shape index (κ2) is 21.3. The highest BCUT2D eigenvalue weighted by molar-refractivity contribution is 9.10. The fraction of sp³-hybridized carbons (Fsp3) is 0.542. The molecular weight excluding hydrogens is 998 g/mol. The third-order valence-corrected chi connectivity index (χ3v) is 15.5. The summed E-state index contributed by atoms with van der Waals surface area (Å²) in [7, 11) is 7.84. The van der Waals surface area contributed by atoms with Crippen LogP contribution in [0.1, 0.15) is 72.1 Å². The maximum Gasteiger partial charge on any atom is 0.341 e. The quantitative estimate of drug-likeness (QED) is 0.0473. The van der Waals surface area contributed by atoms with Crippen molar-refractivity contribution in [1.82, 2.24) is 35.7 Å². The Morgan fingerprint density at radius 1 is 0.591 bits per heavy atom. The van der Waals surface area contributed by atoms with Crippen molar-refractivity contribution < 1.29 is 38.2 Å². The number of H-pyrrole nitrogens is 2. The van der Waals surface area contributed by atoms with Gasteiger partial charge in [0.1, 0.15) is 12.2 Å². The summed E-state index contributed by atoms with van der Waals surface area (Å²) in [4.78, 5) is 96.6. The number of aromatic amines is 2. The minimum atomic E-state index is -0.989. The SMILES string of the molecule is CN(C)CCCNC(=O)C1C2CCC(C(OC(=O)c3c(Br)[nH]c4ccccc34)C2)C1C(=O)NC(=O)C1C2CCC(CC2OC(=O)c2c(Br)[nH]c3ccccc23)C1C(=O)NCCCN(C)C.Cl. The third-order valence-electron chi connectivity index (χ3n) is 14.3. The summed E-state index contributed by atoms with van der Waals surface area (Å²) in [5.41, 5.74) is 2.22. The zero-order chi connectivity index (χ0) is 46.1. The number of esters is 2. The lowest BCUT2D eigenvalue weighted by molar-refractivity contribution is -0.162. The van der Waals surface area contributed by atoms with Gasteiger partial charge in [0.15, 0.2) is 0 Å². The Balaban J connectivity index is 0.00000648. The Labute approximate surface area is 407 Å². The number of fused-ring (bicyclic) bond motifs is 8. The van der Waals surface area contributed by atoms with Crippen molar-refractivity contribution in [3.63, 3.8) is 0 Å². The van der Waals surface area contributed by atoms with Crippen molar-refractivity contribution in [1.29, 1.82) is 0 Å². The first-order chi connectivity index (χ1) is 31.2. The highest BCUT2D eigenvalue weighted by Crippen LogP contribution is 2.53. The topological polar surface area (TPSA) is 195 Å². The highest BCUT2D eigenvalue weighted by Gasteiger charge is 2.58. The molecule has 6 aliphatic rings. The van der Waals surface area contributed by atoms with Crippen LogP contribution < -0.4 is 16.0 Å². The third kappa shape index (κ3) is 10.2. The van der Waals surface area contributed by atoms with Crippen molar-refractivity contribution in [2.24, 2.45) is 47.3 Å². The molecule has 10 unspecified atom stereocenters. The van der Waals surface area contributed by atoms with Gasteiger partial charge in [-0.3, -0.25) is 24.5 Å². The minimum absolute atomic E-state index is 0. The molecule has 2 aromatic heterocycles. The number of carbonyl (C=O) groups is 6. The van der Waals surface area contributed by atoms with Crippen LogP contribution in [0.15, 0.2) is 57.7 Å². The van der Waals surface area contributed by atoms with Crippen molar-refractivity contribution in [3.8, 4) is 0 Å². The molecule has 6 aliphatic carbocycles. The van der Waals surface area contributed by atoms with Crippen molar-refractivity contribution >= 4 is 102 Å². The van der Waals surface area contributed by atoms with Gasteiger partial charge in [0.2, 0.25) is 23.6 Å². The van der Waals surface area contributed by atoms with E-state index in [1.54, 1.807) is 0 Å². The predicted octanol–water partition coefficient (Wildman–Crippen LogP) is 6.45. The Kier molecular flexibility index (Phi) is 16.0. The van der Waals surface area contributed by atoms with E-state index in [9.17, 15) is 28.8 Å². The van der Waals surface area contributed by atoms with E-state index >= 15 is 0 Å². The average molecular weight is 1060 g/mol. The first kappa shape index (κ1) is 49.6. The number of benzene rings is 2. The van der Waals surface area contributed by atoms with Crippen LogP contribution in [0, 0.1) is 47.3 Å². The first-order valence-electron chi connectivity index (χ1n) is 22.9. The predicted molar refractivity (Wildman–Crippen MR) is 259 cm³/mol. The van der Waals surface area contributed by atoms with Gasteiger partial charge in [0, 0.05) is 46.7 Å². The van der Waals surface area contributed by atoms with Gasteiger partial charge < -0.3 is 39.9 Å². The second-order valence-electron chi connectivity index (χ2n) is 18.9. The van der Waals surface area contributed by atoms with Gasteiger partial charge in [-0.05, 0) is 148 Å². The van der Waals surface area contributed by atoms with Gasteiger partial charge in [-0.2, -0.15) is 0 Å². The van der Waals surface area contributed by atoms with Gasteiger partial charge >= 0.3 is 11.9 Å². The molecule has 4 bridgehead atoms. The van der Waals surface area contributed by atoms with Crippen LogP contribution in [0.2, 0.25) is 0 Å². The summed E-state index contributed by atoms with van der Waals surface area (Å²) in [6.07, 6.45) is 3.17. The fourth-order valence-electron chi connectivity index (χ4n) is 11.4. The molecule has 0 aliphatic heterocycles. The smallest absolute Gasteiger partial charge is 0.341 e. The standard InChI is InChI=1S/C48H59Br2N7O8.ClH/c1-56(2)21-9-19-51-43(58)35-25-15-17-29(33(23-25)64-47(62)39-27-11-5-7-13-31(27)53-41(39)49)37(35)45(60)55-46(61)38-30-18-16-26(36(38)44(59)52-20-10-22-57(3)4)24-34(30)65-48(63)40-28-12-6-8-14-32(28)54-42(40)50;/h5-8,11-14,25-26,29-30,33-38,53-54H,9-10,15-24H2,1-4H3,(H,51,58)(H,52,59)(H,55,60,61);1H. The normalized spacial score (nSPS) is 26.5. The van der Waals surface area contributed by atoms with E-state index in [-0.39, 0.29) is 36.1 Å². The molecule has 0 spiro atoms. The van der Waals surface area contributed by atoms with E-state index in [1.165, 1.54) is 0 Å². The molecule has 0 radical (unpaired) electrons. The maximum absolute atomic E-state index is 14.9.